The molecule has 0 atom stereocenters. The molecule has 0 radical (unpaired) electrons. The number of nitrogens with one attached hydrogen (secondary N) is 1. The lowest BCUT2D eigenvalue weighted by Crippen LogP contribution is -2.49. The number of hydrogen-bond donors (Lipinski definition) is 2. The molecule has 112 valence electrons. The molecule has 0 unspecified atom stereocenters. The summed E-state index contributed by atoms with van der Waals surface area (Å²) in [5.74, 6) is 0.0296. The van der Waals surface area contributed by atoms with Crippen molar-refractivity contribution in [1.82, 2.24) is 5.32 Å². The van der Waals surface area contributed by atoms with Crippen LogP contribution in [-0.2, 0) is 11.2 Å². The molecular formula is C18H24N2O. The van der Waals surface area contributed by atoms with Crippen molar-refractivity contribution < 1.29 is 4.79 Å². The van der Waals surface area contributed by atoms with Crippen LogP contribution >= 0.6 is 0 Å². The molecule has 3 nitrogen and oxygen atoms in total. The van der Waals surface area contributed by atoms with Gasteiger partial charge in [0, 0.05) is 12.1 Å². The maximum absolute atomic E-state index is 12.1. The van der Waals surface area contributed by atoms with Crippen LogP contribution in [0.25, 0.3) is 10.8 Å². The average molecular weight is 284 g/mol. The molecule has 0 aromatic heterocycles. The molecule has 2 rings (SSSR count). The van der Waals surface area contributed by atoms with E-state index in [1.165, 1.54) is 5.39 Å². The minimum atomic E-state index is -0.293. The van der Waals surface area contributed by atoms with Crippen LogP contribution in [0.15, 0.2) is 42.5 Å². The molecule has 0 spiro atoms. The topological polar surface area (TPSA) is 55.1 Å². The predicted molar refractivity (Wildman–Crippen MR) is 88.2 cm³/mol. The molecule has 3 heteroatoms. The van der Waals surface area contributed by atoms with Crippen LogP contribution in [0.5, 0.6) is 0 Å². The van der Waals surface area contributed by atoms with Crippen LogP contribution in [0.1, 0.15) is 32.3 Å². The van der Waals surface area contributed by atoms with Crippen molar-refractivity contribution in [3.05, 3.63) is 48.0 Å². The Kier molecular flexibility index (Phi) is 4.97. The number of carbonyl (C=O) groups excluding carboxylic acids is 1. The van der Waals surface area contributed by atoms with Gasteiger partial charge >= 0.3 is 0 Å². The highest BCUT2D eigenvalue weighted by atomic mass is 16.1. The van der Waals surface area contributed by atoms with Crippen molar-refractivity contribution in [1.29, 1.82) is 0 Å². The van der Waals surface area contributed by atoms with Gasteiger partial charge in [-0.05, 0) is 29.2 Å². The van der Waals surface area contributed by atoms with Crippen molar-refractivity contribution in [3.8, 4) is 0 Å². The maximum atomic E-state index is 12.1. The molecular weight excluding hydrogens is 260 g/mol. The largest absolute Gasteiger partial charge is 0.354 e. The van der Waals surface area contributed by atoms with Crippen LogP contribution in [0, 0.1) is 0 Å². The van der Waals surface area contributed by atoms with Crippen molar-refractivity contribution in [3.63, 3.8) is 0 Å². The zero-order valence-electron chi connectivity index (χ0n) is 12.9. The molecule has 2 aromatic rings. The zero-order chi connectivity index (χ0) is 15.3. The number of amides is 1. The van der Waals surface area contributed by atoms with Crippen LogP contribution in [0.4, 0.5) is 0 Å². The molecule has 0 aliphatic heterocycles. The summed E-state index contributed by atoms with van der Waals surface area (Å²) in [6.45, 7) is 4.64. The molecule has 0 bridgehead atoms. The van der Waals surface area contributed by atoms with Gasteiger partial charge in [0.15, 0.2) is 0 Å². The lowest BCUT2D eigenvalue weighted by atomic mass is 9.94. The number of hydrogen-bond acceptors (Lipinski definition) is 2. The molecule has 0 saturated heterocycles. The number of nitrogens with two attached hydrogens (primary N) is 1. The smallest absolute Gasteiger partial charge is 0.224 e. The van der Waals surface area contributed by atoms with Gasteiger partial charge in [0.05, 0.1) is 6.42 Å². The van der Waals surface area contributed by atoms with Gasteiger partial charge in [-0.1, -0.05) is 56.3 Å². The second-order valence-electron chi connectivity index (χ2n) is 5.70. The van der Waals surface area contributed by atoms with Gasteiger partial charge in [-0.2, -0.15) is 0 Å². The Hall–Kier alpha value is -1.87. The van der Waals surface area contributed by atoms with E-state index in [9.17, 15) is 4.79 Å². The highest BCUT2D eigenvalue weighted by Crippen LogP contribution is 2.16. The Morgan fingerprint density at radius 1 is 1.10 bits per heavy atom. The average Bonchev–Trinajstić information content (AvgIpc) is 2.52. The monoisotopic (exact) mass is 284 g/mol. The van der Waals surface area contributed by atoms with Crippen molar-refractivity contribution in [2.45, 2.75) is 38.6 Å². The third-order valence-corrected chi connectivity index (χ3v) is 4.22. The first kappa shape index (κ1) is 15.5. The lowest BCUT2D eigenvalue weighted by Gasteiger charge is -2.26. The summed E-state index contributed by atoms with van der Waals surface area (Å²) in [5, 5.41) is 5.32. The van der Waals surface area contributed by atoms with Gasteiger partial charge in [-0.15, -0.1) is 0 Å². The molecule has 0 saturated carbocycles. The molecule has 0 fully saturated rings. The van der Waals surface area contributed by atoms with Gasteiger partial charge in [-0.3, -0.25) is 4.79 Å². The predicted octanol–water partition coefficient (Wildman–Crippen LogP) is 3.02. The quantitative estimate of drug-likeness (QED) is 0.856. The van der Waals surface area contributed by atoms with E-state index in [4.69, 9.17) is 5.73 Å². The normalized spacial score (nSPS) is 11.6. The molecule has 0 heterocycles. The third kappa shape index (κ3) is 4.05. The van der Waals surface area contributed by atoms with Gasteiger partial charge in [0.1, 0.15) is 0 Å². The SMILES string of the molecule is CCC(N)(CC)CNC(=O)Cc1ccc2ccccc2c1. The Labute approximate surface area is 126 Å². The number of rotatable bonds is 6. The first-order chi connectivity index (χ1) is 10.1. The van der Waals surface area contributed by atoms with Gasteiger partial charge in [0.2, 0.25) is 5.91 Å². The number of fused-ring (bicyclic) bond motifs is 1. The summed E-state index contributed by atoms with van der Waals surface area (Å²) in [7, 11) is 0. The van der Waals surface area contributed by atoms with E-state index < -0.39 is 0 Å². The van der Waals surface area contributed by atoms with E-state index in [1.54, 1.807) is 0 Å². The Balaban J connectivity index is 1.98. The molecule has 1 amide bonds. The Bertz CT molecular complexity index is 617. The summed E-state index contributed by atoms with van der Waals surface area (Å²) in [6, 6.07) is 14.3. The Morgan fingerprint density at radius 2 is 1.76 bits per heavy atom. The van der Waals surface area contributed by atoms with E-state index in [0.717, 1.165) is 23.8 Å². The molecule has 0 aliphatic carbocycles. The Morgan fingerprint density at radius 3 is 2.43 bits per heavy atom. The van der Waals surface area contributed by atoms with Crippen molar-refractivity contribution >= 4 is 16.7 Å². The van der Waals surface area contributed by atoms with E-state index in [-0.39, 0.29) is 11.4 Å². The summed E-state index contributed by atoms with van der Waals surface area (Å²) in [5.41, 5.74) is 6.93. The fourth-order valence-electron chi connectivity index (χ4n) is 2.37. The first-order valence-corrected chi connectivity index (χ1v) is 7.59. The highest BCUT2D eigenvalue weighted by molar-refractivity contribution is 5.85. The molecule has 0 aliphatic rings. The lowest BCUT2D eigenvalue weighted by molar-refractivity contribution is -0.120. The summed E-state index contributed by atoms with van der Waals surface area (Å²) < 4.78 is 0. The van der Waals surface area contributed by atoms with E-state index >= 15 is 0 Å². The second kappa shape index (κ2) is 6.72. The van der Waals surface area contributed by atoms with Crippen LogP contribution in [0.2, 0.25) is 0 Å². The highest BCUT2D eigenvalue weighted by Gasteiger charge is 2.20. The first-order valence-electron chi connectivity index (χ1n) is 7.59. The minimum absolute atomic E-state index is 0.0296. The van der Waals surface area contributed by atoms with Gasteiger partial charge in [0.25, 0.3) is 0 Å². The van der Waals surface area contributed by atoms with Crippen LogP contribution < -0.4 is 11.1 Å². The third-order valence-electron chi connectivity index (χ3n) is 4.22. The molecule has 21 heavy (non-hydrogen) atoms. The van der Waals surface area contributed by atoms with E-state index in [1.807, 2.05) is 18.2 Å². The summed E-state index contributed by atoms with van der Waals surface area (Å²) in [4.78, 5) is 12.1. The van der Waals surface area contributed by atoms with Crippen molar-refractivity contribution in [2.24, 2.45) is 5.73 Å². The standard InChI is InChI=1S/C18H24N2O/c1-3-18(19,4-2)13-20-17(21)12-14-9-10-15-7-5-6-8-16(15)11-14/h5-11H,3-4,12-13,19H2,1-2H3,(H,20,21). The van der Waals surface area contributed by atoms with Gasteiger partial charge in [-0.25, -0.2) is 0 Å². The number of benzene rings is 2. The summed E-state index contributed by atoms with van der Waals surface area (Å²) in [6.07, 6.45) is 2.12. The number of carbonyl (C=O) groups is 1. The van der Waals surface area contributed by atoms with Crippen LogP contribution in [0.3, 0.4) is 0 Å². The fourth-order valence-corrected chi connectivity index (χ4v) is 2.37. The van der Waals surface area contributed by atoms with Crippen molar-refractivity contribution in [2.75, 3.05) is 6.54 Å². The second-order valence-corrected chi connectivity index (χ2v) is 5.70. The van der Waals surface area contributed by atoms with E-state index in [0.29, 0.717) is 13.0 Å². The van der Waals surface area contributed by atoms with Gasteiger partial charge < -0.3 is 11.1 Å². The van der Waals surface area contributed by atoms with Crippen LogP contribution in [-0.4, -0.2) is 18.0 Å². The fraction of sp³-hybridized carbons (Fsp3) is 0.389. The summed E-state index contributed by atoms with van der Waals surface area (Å²) >= 11 is 0. The maximum Gasteiger partial charge on any atom is 0.224 e. The molecule has 3 N–H and O–H groups in total. The molecule has 2 aromatic carbocycles. The minimum Gasteiger partial charge on any atom is -0.354 e. The zero-order valence-corrected chi connectivity index (χ0v) is 12.9. The van der Waals surface area contributed by atoms with E-state index in [2.05, 4.69) is 43.4 Å².